The highest BCUT2D eigenvalue weighted by atomic mass is 32.2. The van der Waals surface area contributed by atoms with Crippen molar-refractivity contribution >= 4 is 21.8 Å². The molecule has 2 aliphatic heterocycles. The van der Waals surface area contributed by atoms with Crippen LogP contribution < -0.4 is 4.74 Å². The van der Waals surface area contributed by atoms with Crippen molar-refractivity contribution in [1.29, 1.82) is 0 Å². The van der Waals surface area contributed by atoms with Crippen LogP contribution in [-0.4, -0.2) is 80.7 Å². The van der Waals surface area contributed by atoms with Gasteiger partial charge < -0.3 is 14.5 Å². The minimum absolute atomic E-state index is 0.0587. The normalized spacial score (nSPS) is 18.4. The number of carbonyl (C=O) groups excluding carboxylic acids is 2. The summed E-state index contributed by atoms with van der Waals surface area (Å²) >= 11 is 0. The topological polar surface area (TPSA) is 87.2 Å². The van der Waals surface area contributed by atoms with Crippen LogP contribution in [0.25, 0.3) is 0 Å². The van der Waals surface area contributed by atoms with Gasteiger partial charge in [0.05, 0.1) is 17.6 Å². The highest BCUT2D eigenvalue weighted by Crippen LogP contribution is 2.26. The SMILES string of the molecule is COc1ccccc1C(=O)N1CCCN(C(=O)C2CCN(S(=O)(=O)c3ccccc3)CC2)CC1. The third kappa shape index (κ3) is 5.10. The van der Waals surface area contributed by atoms with Gasteiger partial charge in [0, 0.05) is 45.2 Å². The fourth-order valence-corrected chi connectivity index (χ4v) is 6.17. The molecule has 2 heterocycles. The Labute approximate surface area is 201 Å². The average molecular weight is 486 g/mol. The fourth-order valence-electron chi connectivity index (χ4n) is 4.68. The lowest BCUT2D eigenvalue weighted by atomic mass is 9.96. The summed E-state index contributed by atoms with van der Waals surface area (Å²) in [7, 11) is -1.99. The van der Waals surface area contributed by atoms with E-state index >= 15 is 0 Å². The van der Waals surface area contributed by atoms with Gasteiger partial charge in [-0.1, -0.05) is 30.3 Å². The molecule has 2 aliphatic rings. The van der Waals surface area contributed by atoms with E-state index in [1.807, 2.05) is 17.0 Å². The first kappa shape index (κ1) is 24.2. The Morgan fingerprint density at radius 3 is 2.15 bits per heavy atom. The van der Waals surface area contributed by atoms with E-state index in [1.165, 1.54) is 4.31 Å². The molecule has 182 valence electrons. The van der Waals surface area contributed by atoms with E-state index < -0.39 is 10.0 Å². The van der Waals surface area contributed by atoms with Crippen LogP contribution in [0.3, 0.4) is 0 Å². The minimum Gasteiger partial charge on any atom is -0.496 e. The van der Waals surface area contributed by atoms with Crippen molar-refractivity contribution in [3.8, 4) is 5.75 Å². The number of carbonyl (C=O) groups is 2. The smallest absolute Gasteiger partial charge is 0.257 e. The molecule has 0 N–H and O–H groups in total. The number of nitrogens with zero attached hydrogens (tertiary/aromatic N) is 3. The molecule has 0 aromatic heterocycles. The van der Waals surface area contributed by atoms with Crippen LogP contribution in [0.2, 0.25) is 0 Å². The van der Waals surface area contributed by atoms with Crippen molar-refractivity contribution in [3.05, 3.63) is 60.2 Å². The molecular weight excluding hydrogens is 454 g/mol. The second-order valence-electron chi connectivity index (χ2n) is 8.66. The van der Waals surface area contributed by atoms with E-state index in [1.54, 1.807) is 54.5 Å². The van der Waals surface area contributed by atoms with E-state index in [0.29, 0.717) is 69.8 Å². The van der Waals surface area contributed by atoms with Gasteiger partial charge >= 0.3 is 0 Å². The van der Waals surface area contributed by atoms with E-state index in [9.17, 15) is 18.0 Å². The molecule has 2 saturated heterocycles. The van der Waals surface area contributed by atoms with Crippen molar-refractivity contribution in [2.45, 2.75) is 24.2 Å². The maximum Gasteiger partial charge on any atom is 0.257 e. The summed E-state index contributed by atoms with van der Waals surface area (Å²) in [6.07, 6.45) is 1.71. The van der Waals surface area contributed by atoms with Gasteiger partial charge in [-0.2, -0.15) is 4.31 Å². The summed E-state index contributed by atoms with van der Waals surface area (Å²) in [6.45, 7) is 2.78. The zero-order chi connectivity index (χ0) is 24.1. The summed E-state index contributed by atoms with van der Waals surface area (Å²) in [5, 5.41) is 0. The van der Waals surface area contributed by atoms with Crippen LogP contribution in [-0.2, 0) is 14.8 Å². The summed E-state index contributed by atoms with van der Waals surface area (Å²) in [5.74, 6) is 0.315. The van der Waals surface area contributed by atoms with Crippen LogP contribution in [0, 0.1) is 5.92 Å². The number of benzene rings is 2. The first-order chi connectivity index (χ1) is 16.4. The van der Waals surface area contributed by atoms with E-state index in [4.69, 9.17) is 4.74 Å². The number of amides is 2. The number of para-hydroxylation sites is 1. The number of ether oxygens (including phenoxy) is 1. The number of rotatable bonds is 5. The third-order valence-electron chi connectivity index (χ3n) is 6.62. The summed E-state index contributed by atoms with van der Waals surface area (Å²) in [4.78, 5) is 30.1. The lowest BCUT2D eigenvalue weighted by Gasteiger charge is -2.33. The third-order valence-corrected chi connectivity index (χ3v) is 8.53. The van der Waals surface area contributed by atoms with Gasteiger partial charge in [-0.05, 0) is 43.5 Å². The second kappa shape index (κ2) is 10.6. The molecule has 4 rings (SSSR count). The highest BCUT2D eigenvalue weighted by Gasteiger charge is 2.34. The number of hydrogen-bond acceptors (Lipinski definition) is 5. The van der Waals surface area contributed by atoms with Crippen molar-refractivity contribution in [2.24, 2.45) is 5.92 Å². The van der Waals surface area contributed by atoms with E-state index in [2.05, 4.69) is 0 Å². The molecule has 2 aromatic carbocycles. The average Bonchev–Trinajstić information content (AvgIpc) is 3.15. The summed E-state index contributed by atoms with van der Waals surface area (Å²) < 4.78 is 32.5. The van der Waals surface area contributed by atoms with Gasteiger partial charge in [-0.15, -0.1) is 0 Å². The predicted molar refractivity (Wildman–Crippen MR) is 128 cm³/mol. The molecule has 0 radical (unpaired) electrons. The van der Waals surface area contributed by atoms with E-state index in [0.717, 1.165) is 0 Å². The van der Waals surface area contributed by atoms with Gasteiger partial charge in [0.25, 0.3) is 5.91 Å². The zero-order valence-corrected chi connectivity index (χ0v) is 20.2. The van der Waals surface area contributed by atoms with Crippen LogP contribution >= 0.6 is 0 Å². The van der Waals surface area contributed by atoms with Gasteiger partial charge in [0.15, 0.2) is 0 Å². The second-order valence-corrected chi connectivity index (χ2v) is 10.6. The van der Waals surface area contributed by atoms with Crippen molar-refractivity contribution in [1.82, 2.24) is 14.1 Å². The number of methoxy groups -OCH3 is 1. The molecule has 0 atom stereocenters. The van der Waals surface area contributed by atoms with Crippen LogP contribution in [0.15, 0.2) is 59.5 Å². The molecule has 2 amide bonds. The molecule has 2 aromatic rings. The molecule has 2 fully saturated rings. The number of sulfonamides is 1. The summed E-state index contributed by atoms with van der Waals surface area (Å²) in [6, 6.07) is 15.6. The molecular formula is C25H31N3O5S. The van der Waals surface area contributed by atoms with Crippen LogP contribution in [0.1, 0.15) is 29.6 Å². The Hall–Kier alpha value is -2.91. The van der Waals surface area contributed by atoms with Crippen LogP contribution in [0.4, 0.5) is 0 Å². The maximum atomic E-state index is 13.2. The van der Waals surface area contributed by atoms with Crippen LogP contribution in [0.5, 0.6) is 5.75 Å². The Bertz CT molecular complexity index is 1110. The first-order valence-corrected chi connectivity index (χ1v) is 13.1. The number of piperidine rings is 1. The quantitative estimate of drug-likeness (QED) is 0.649. The molecule has 0 bridgehead atoms. The van der Waals surface area contributed by atoms with Crippen molar-refractivity contribution < 1.29 is 22.7 Å². The van der Waals surface area contributed by atoms with Gasteiger partial charge in [-0.3, -0.25) is 9.59 Å². The standard InChI is InChI=1S/C25H31N3O5S/c1-33-23-11-6-5-10-22(23)25(30)27-15-7-14-26(18-19-27)24(29)20-12-16-28(17-13-20)34(31,32)21-8-3-2-4-9-21/h2-6,8-11,20H,7,12-19H2,1H3. The van der Waals surface area contributed by atoms with Gasteiger partial charge in [0.1, 0.15) is 5.75 Å². The lowest BCUT2D eigenvalue weighted by molar-refractivity contribution is -0.136. The zero-order valence-electron chi connectivity index (χ0n) is 19.4. The molecule has 34 heavy (non-hydrogen) atoms. The Morgan fingerprint density at radius 1 is 0.824 bits per heavy atom. The predicted octanol–water partition coefficient (Wildman–Crippen LogP) is 2.47. The Morgan fingerprint density at radius 2 is 1.44 bits per heavy atom. The Balaban J connectivity index is 1.34. The van der Waals surface area contributed by atoms with Crippen molar-refractivity contribution in [3.63, 3.8) is 0 Å². The fraction of sp³-hybridized carbons (Fsp3) is 0.440. The molecule has 0 spiro atoms. The number of hydrogen-bond donors (Lipinski definition) is 0. The minimum atomic E-state index is -3.54. The van der Waals surface area contributed by atoms with Crippen molar-refractivity contribution in [2.75, 3.05) is 46.4 Å². The Kier molecular flexibility index (Phi) is 7.53. The lowest BCUT2D eigenvalue weighted by Crippen LogP contribution is -2.45. The maximum absolute atomic E-state index is 13.2. The van der Waals surface area contributed by atoms with E-state index in [-0.39, 0.29) is 22.6 Å². The van der Waals surface area contributed by atoms with Gasteiger partial charge in [-0.25, -0.2) is 8.42 Å². The highest BCUT2D eigenvalue weighted by molar-refractivity contribution is 7.89. The molecule has 0 aliphatic carbocycles. The molecule has 0 unspecified atom stereocenters. The molecule has 9 heteroatoms. The van der Waals surface area contributed by atoms with Gasteiger partial charge in [0.2, 0.25) is 15.9 Å². The largest absolute Gasteiger partial charge is 0.496 e. The molecule has 0 saturated carbocycles. The first-order valence-electron chi connectivity index (χ1n) is 11.7. The molecule has 8 nitrogen and oxygen atoms in total. The monoisotopic (exact) mass is 485 g/mol. The summed E-state index contributed by atoms with van der Waals surface area (Å²) in [5.41, 5.74) is 0.525.